The molecule has 2 rings (SSSR count). The molecule has 2 nitrogen and oxygen atoms in total. The number of hydrogen-bond acceptors (Lipinski definition) is 2. The highest BCUT2D eigenvalue weighted by atomic mass is 19.1. The van der Waals surface area contributed by atoms with Gasteiger partial charge in [0.2, 0.25) is 0 Å². The summed E-state index contributed by atoms with van der Waals surface area (Å²) in [6.07, 6.45) is 2.55. The van der Waals surface area contributed by atoms with Crippen molar-refractivity contribution in [2.45, 2.75) is 19.9 Å². The van der Waals surface area contributed by atoms with Gasteiger partial charge in [-0.1, -0.05) is 12.1 Å². The molecule has 0 unspecified atom stereocenters. The number of benzene rings is 1. The summed E-state index contributed by atoms with van der Waals surface area (Å²) in [5.74, 6) is 0.831. The van der Waals surface area contributed by atoms with Crippen molar-refractivity contribution in [1.82, 2.24) is 5.32 Å². The molecule has 0 saturated carbocycles. The Morgan fingerprint density at radius 1 is 1.29 bits per heavy atom. The van der Waals surface area contributed by atoms with Crippen molar-refractivity contribution in [3.05, 3.63) is 59.3 Å². The first-order valence-corrected chi connectivity index (χ1v) is 5.74. The van der Waals surface area contributed by atoms with Crippen LogP contribution in [0.4, 0.5) is 4.39 Å². The van der Waals surface area contributed by atoms with Crippen molar-refractivity contribution in [3.63, 3.8) is 0 Å². The third kappa shape index (κ3) is 3.43. The van der Waals surface area contributed by atoms with Crippen LogP contribution in [-0.4, -0.2) is 6.54 Å². The van der Waals surface area contributed by atoms with E-state index < -0.39 is 0 Å². The van der Waals surface area contributed by atoms with Crippen molar-refractivity contribution >= 4 is 0 Å². The maximum Gasteiger partial charge on any atom is 0.126 e. The minimum absolute atomic E-state index is 0.149. The third-order valence-electron chi connectivity index (χ3n) is 2.68. The third-order valence-corrected chi connectivity index (χ3v) is 2.68. The van der Waals surface area contributed by atoms with Gasteiger partial charge in [-0.25, -0.2) is 4.39 Å². The highest BCUT2D eigenvalue weighted by molar-refractivity contribution is 5.23. The van der Waals surface area contributed by atoms with Gasteiger partial charge in [0.25, 0.3) is 0 Å². The van der Waals surface area contributed by atoms with Crippen LogP contribution in [0.3, 0.4) is 0 Å². The van der Waals surface area contributed by atoms with E-state index in [-0.39, 0.29) is 5.82 Å². The van der Waals surface area contributed by atoms with Gasteiger partial charge in [-0.2, -0.15) is 0 Å². The average Bonchev–Trinajstić information content (AvgIpc) is 2.82. The Kier molecular flexibility index (Phi) is 3.94. The molecule has 90 valence electrons. The fraction of sp³-hybridized carbons (Fsp3) is 0.286. The molecule has 2 aromatic rings. The van der Waals surface area contributed by atoms with Crippen LogP contribution in [0.15, 0.2) is 41.0 Å². The Bertz CT molecular complexity index is 465. The molecule has 0 aliphatic heterocycles. The summed E-state index contributed by atoms with van der Waals surface area (Å²) in [7, 11) is 0. The molecular weight excluding hydrogens is 217 g/mol. The standard InChI is InChI=1S/C14H16FNO/c1-11-9-12(4-5-14(11)15)10-16-7-6-13-3-2-8-17-13/h2-5,8-9,16H,6-7,10H2,1H3. The van der Waals surface area contributed by atoms with Crippen molar-refractivity contribution in [2.24, 2.45) is 0 Å². The highest BCUT2D eigenvalue weighted by Crippen LogP contribution is 2.09. The normalized spacial score (nSPS) is 10.7. The summed E-state index contributed by atoms with van der Waals surface area (Å²) in [6.45, 7) is 3.38. The highest BCUT2D eigenvalue weighted by Gasteiger charge is 1.99. The van der Waals surface area contributed by atoms with Crippen molar-refractivity contribution < 1.29 is 8.81 Å². The van der Waals surface area contributed by atoms with Crippen LogP contribution in [0.2, 0.25) is 0 Å². The predicted octanol–water partition coefficient (Wildman–Crippen LogP) is 3.06. The number of rotatable bonds is 5. The van der Waals surface area contributed by atoms with Crippen LogP contribution in [0, 0.1) is 12.7 Å². The largest absolute Gasteiger partial charge is 0.469 e. The van der Waals surface area contributed by atoms with Crippen molar-refractivity contribution in [1.29, 1.82) is 0 Å². The van der Waals surface area contributed by atoms with Gasteiger partial charge in [0.05, 0.1) is 6.26 Å². The summed E-state index contributed by atoms with van der Waals surface area (Å²) in [4.78, 5) is 0. The maximum absolute atomic E-state index is 13.0. The zero-order valence-corrected chi connectivity index (χ0v) is 9.87. The number of aryl methyl sites for hydroxylation is 1. The van der Waals surface area contributed by atoms with E-state index in [0.717, 1.165) is 30.8 Å². The van der Waals surface area contributed by atoms with Gasteiger partial charge >= 0.3 is 0 Å². The molecule has 0 aliphatic carbocycles. The first-order chi connectivity index (χ1) is 8.25. The summed E-state index contributed by atoms with van der Waals surface area (Å²) >= 11 is 0. The summed E-state index contributed by atoms with van der Waals surface area (Å²) in [5.41, 5.74) is 1.79. The lowest BCUT2D eigenvalue weighted by atomic mass is 10.1. The second-order valence-corrected chi connectivity index (χ2v) is 4.09. The lowest BCUT2D eigenvalue weighted by Gasteiger charge is -2.05. The van der Waals surface area contributed by atoms with E-state index in [0.29, 0.717) is 5.56 Å². The Labute approximate surface area is 100 Å². The van der Waals surface area contributed by atoms with E-state index in [4.69, 9.17) is 4.42 Å². The van der Waals surface area contributed by atoms with Gasteiger partial charge in [-0.3, -0.25) is 0 Å². The summed E-state index contributed by atoms with van der Waals surface area (Å²) in [5, 5.41) is 3.30. The lowest BCUT2D eigenvalue weighted by molar-refractivity contribution is 0.498. The molecule has 0 atom stereocenters. The number of hydrogen-bond donors (Lipinski definition) is 1. The molecule has 0 spiro atoms. The minimum atomic E-state index is -0.149. The Hall–Kier alpha value is -1.61. The smallest absolute Gasteiger partial charge is 0.126 e. The molecule has 0 aliphatic rings. The van der Waals surface area contributed by atoms with Gasteiger partial charge in [-0.15, -0.1) is 0 Å². The average molecular weight is 233 g/mol. The van der Waals surface area contributed by atoms with Gasteiger partial charge in [-0.05, 0) is 36.2 Å². The molecule has 0 bridgehead atoms. The molecule has 1 aromatic carbocycles. The molecule has 0 fully saturated rings. The maximum atomic E-state index is 13.0. The van der Waals surface area contributed by atoms with Crippen LogP contribution < -0.4 is 5.32 Å². The molecule has 1 heterocycles. The Morgan fingerprint density at radius 3 is 2.88 bits per heavy atom. The van der Waals surface area contributed by atoms with Gasteiger partial charge < -0.3 is 9.73 Å². The van der Waals surface area contributed by atoms with E-state index in [9.17, 15) is 4.39 Å². The van der Waals surface area contributed by atoms with Crippen molar-refractivity contribution in [2.75, 3.05) is 6.54 Å². The molecule has 1 N–H and O–H groups in total. The Morgan fingerprint density at radius 2 is 2.18 bits per heavy atom. The molecule has 0 amide bonds. The molecular formula is C14H16FNO. The van der Waals surface area contributed by atoms with E-state index in [2.05, 4.69) is 5.32 Å². The van der Waals surface area contributed by atoms with Crippen LogP contribution in [-0.2, 0) is 13.0 Å². The van der Waals surface area contributed by atoms with Gasteiger partial charge in [0.1, 0.15) is 11.6 Å². The lowest BCUT2D eigenvalue weighted by Crippen LogP contribution is -2.16. The SMILES string of the molecule is Cc1cc(CNCCc2ccco2)ccc1F. The zero-order valence-electron chi connectivity index (χ0n) is 9.87. The van der Waals surface area contributed by atoms with E-state index in [1.165, 1.54) is 6.07 Å². The van der Waals surface area contributed by atoms with E-state index in [1.807, 2.05) is 24.3 Å². The quantitative estimate of drug-likeness (QED) is 0.803. The minimum Gasteiger partial charge on any atom is -0.469 e. The number of halogens is 1. The number of furan rings is 1. The topological polar surface area (TPSA) is 25.2 Å². The zero-order chi connectivity index (χ0) is 12.1. The van der Waals surface area contributed by atoms with Crippen LogP contribution in [0.5, 0.6) is 0 Å². The second kappa shape index (κ2) is 5.64. The fourth-order valence-corrected chi connectivity index (χ4v) is 1.72. The van der Waals surface area contributed by atoms with E-state index in [1.54, 1.807) is 13.2 Å². The molecule has 3 heteroatoms. The van der Waals surface area contributed by atoms with E-state index >= 15 is 0 Å². The predicted molar refractivity (Wildman–Crippen MR) is 65.3 cm³/mol. The summed E-state index contributed by atoms with van der Waals surface area (Å²) in [6, 6.07) is 9.04. The molecule has 17 heavy (non-hydrogen) atoms. The molecule has 0 radical (unpaired) electrons. The van der Waals surface area contributed by atoms with Gasteiger partial charge in [0.15, 0.2) is 0 Å². The molecule has 1 aromatic heterocycles. The first-order valence-electron chi connectivity index (χ1n) is 5.74. The van der Waals surface area contributed by atoms with Gasteiger partial charge in [0, 0.05) is 19.5 Å². The first kappa shape index (κ1) is 11.9. The second-order valence-electron chi connectivity index (χ2n) is 4.09. The van der Waals surface area contributed by atoms with Crippen LogP contribution in [0.1, 0.15) is 16.9 Å². The monoisotopic (exact) mass is 233 g/mol. The summed E-state index contributed by atoms with van der Waals surface area (Å²) < 4.78 is 18.3. The van der Waals surface area contributed by atoms with Crippen molar-refractivity contribution in [3.8, 4) is 0 Å². The fourth-order valence-electron chi connectivity index (χ4n) is 1.72. The Balaban J connectivity index is 1.76. The number of nitrogens with one attached hydrogen (secondary N) is 1. The van der Waals surface area contributed by atoms with Crippen LogP contribution in [0.25, 0.3) is 0 Å². The van der Waals surface area contributed by atoms with Crippen LogP contribution >= 0.6 is 0 Å². The molecule has 0 saturated heterocycles.